The van der Waals surface area contributed by atoms with E-state index in [4.69, 9.17) is 28.3 Å². The van der Waals surface area contributed by atoms with E-state index in [-0.39, 0.29) is 12.4 Å². The first kappa shape index (κ1) is 15.0. The van der Waals surface area contributed by atoms with E-state index in [9.17, 15) is 4.79 Å². The Kier molecular flexibility index (Phi) is 6.52. The molecule has 15 heavy (non-hydrogen) atoms. The summed E-state index contributed by atoms with van der Waals surface area (Å²) in [5, 5.41) is 0. The SMILES string of the molecule is CN(C)CCOC(=O)CC(C)(C)N(Cl)Cl. The molecule has 6 heteroatoms. The van der Waals surface area contributed by atoms with Crippen molar-refractivity contribution in [2.75, 3.05) is 27.2 Å². The van der Waals surface area contributed by atoms with E-state index in [0.717, 1.165) is 3.94 Å². The minimum atomic E-state index is -0.613. The fraction of sp³-hybridized carbons (Fsp3) is 0.889. The van der Waals surface area contributed by atoms with Crippen molar-refractivity contribution in [3.8, 4) is 0 Å². The van der Waals surface area contributed by atoms with Gasteiger partial charge in [-0.2, -0.15) is 0 Å². The van der Waals surface area contributed by atoms with Crippen molar-refractivity contribution < 1.29 is 9.53 Å². The molecule has 0 radical (unpaired) electrons. The molecule has 0 atom stereocenters. The van der Waals surface area contributed by atoms with Gasteiger partial charge in [0.1, 0.15) is 6.61 Å². The summed E-state index contributed by atoms with van der Waals surface area (Å²) in [6.45, 7) is 4.62. The first-order valence-corrected chi connectivity index (χ1v) is 5.35. The Bertz CT molecular complexity index is 208. The van der Waals surface area contributed by atoms with Crippen molar-refractivity contribution in [2.45, 2.75) is 25.8 Å². The second-order valence-corrected chi connectivity index (χ2v) is 5.10. The summed E-state index contributed by atoms with van der Waals surface area (Å²) in [6, 6.07) is 0. The van der Waals surface area contributed by atoms with Crippen LogP contribution in [0.2, 0.25) is 0 Å². The maximum Gasteiger partial charge on any atom is 0.307 e. The number of nitrogens with zero attached hydrogens (tertiary/aromatic N) is 2. The van der Waals surface area contributed by atoms with Gasteiger partial charge in [0.05, 0.1) is 12.0 Å². The van der Waals surface area contributed by atoms with Crippen LogP contribution in [-0.2, 0) is 9.53 Å². The molecule has 0 saturated heterocycles. The molecule has 0 aromatic rings. The largest absolute Gasteiger partial charge is 0.464 e. The Hall–Kier alpha value is -0.0300. The Balaban J connectivity index is 3.84. The Morgan fingerprint density at radius 1 is 1.33 bits per heavy atom. The number of halogens is 2. The Morgan fingerprint density at radius 2 is 1.87 bits per heavy atom. The lowest BCUT2D eigenvalue weighted by Crippen LogP contribution is -2.34. The molecule has 0 N–H and O–H groups in total. The van der Waals surface area contributed by atoms with Crippen molar-refractivity contribution in [1.29, 1.82) is 0 Å². The fourth-order valence-electron chi connectivity index (χ4n) is 0.806. The minimum absolute atomic E-state index is 0.160. The van der Waals surface area contributed by atoms with Crippen LogP contribution in [0.25, 0.3) is 0 Å². The standard InChI is InChI=1S/C9H18Cl2N2O2/c1-9(2,13(10)11)7-8(14)15-6-5-12(3)4/h5-7H2,1-4H3. The minimum Gasteiger partial charge on any atom is -0.464 e. The molecule has 0 aliphatic carbocycles. The molecule has 0 aliphatic rings. The second kappa shape index (κ2) is 6.53. The molecule has 0 unspecified atom stereocenters. The van der Waals surface area contributed by atoms with Gasteiger partial charge in [-0.25, -0.2) is 0 Å². The molecule has 0 fully saturated rings. The first-order chi connectivity index (χ1) is 6.75. The van der Waals surface area contributed by atoms with Crippen LogP contribution in [0.4, 0.5) is 0 Å². The highest BCUT2D eigenvalue weighted by molar-refractivity contribution is 6.34. The van der Waals surface area contributed by atoms with Crippen molar-refractivity contribution in [3.63, 3.8) is 0 Å². The number of rotatable bonds is 6. The van der Waals surface area contributed by atoms with Gasteiger partial charge in [0, 0.05) is 6.54 Å². The number of ether oxygens (including phenoxy) is 1. The van der Waals surface area contributed by atoms with E-state index < -0.39 is 5.54 Å². The Labute approximate surface area is 101 Å². The fourth-order valence-corrected chi connectivity index (χ4v) is 0.926. The molecule has 0 heterocycles. The average molecular weight is 257 g/mol. The molecule has 0 bridgehead atoms. The zero-order valence-corrected chi connectivity index (χ0v) is 11.1. The highest BCUT2D eigenvalue weighted by Gasteiger charge is 2.28. The third-order valence-electron chi connectivity index (χ3n) is 1.84. The molecule has 0 rings (SSSR count). The van der Waals surface area contributed by atoms with Crippen LogP contribution in [0, 0.1) is 0 Å². The predicted molar refractivity (Wildman–Crippen MR) is 61.8 cm³/mol. The zero-order chi connectivity index (χ0) is 12.1. The van der Waals surface area contributed by atoms with Gasteiger partial charge >= 0.3 is 5.97 Å². The van der Waals surface area contributed by atoms with Crippen molar-refractivity contribution in [1.82, 2.24) is 8.84 Å². The topological polar surface area (TPSA) is 32.8 Å². The van der Waals surface area contributed by atoms with Crippen LogP contribution >= 0.6 is 23.6 Å². The van der Waals surface area contributed by atoms with E-state index >= 15 is 0 Å². The molecule has 0 amide bonds. The molecule has 0 aliphatic heterocycles. The Morgan fingerprint density at radius 3 is 2.27 bits per heavy atom. The number of carbonyl (C=O) groups excluding carboxylic acids is 1. The van der Waals surface area contributed by atoms with Gasteiger partial charge in [-0.3, -0.25) is 4.79 Å². The van der Waals surface area contributed by atoms with E-state index in [0.29, 0.717) is 13.2 Å². The summed E-state index contributed by atoms with van der Waals surface area (Å²) >= 11 is 11.2. The third-order valence-corrected chi connectivity index (χ3v) is 2.75. The van der Waals surface area contributed by atoms with Crippen LogP contribution in [0.1, 0.15) is 20.3 Å². The normalized spacial score (nSPS) is 12.3. The quantitative estimate of drug-likeness (QED) is 0.537. The predicted octanol–water partition coefficient (Wildman–Crippen LogP) is 1.87. The third kappa shape index (κ3) is 6.95. The van der Waals surface area contributed by atoms with Crippen LogP contribution < -0.4 is 0 Å². The number of esters is 1. The molecular weight excluding hydrogens is 239 g/mol. The van der Waals surface area contributed by atoms with Crippen LogP contribution in [-0.4, -0.2) is 47.6 Å². The van der Waals surface area contributed by atoms with Gasteiger partial charge in [-0.1, -0.05) is 0 Å². The van der Waals surface area contributed by atoms with Crippen molar-refractivity contribution >= 4 is 29.5 Å². The number of carbonyl (C=O) groups is 1. The summed E-state index contributed by atoms with van der Waals surface area (Å²) in [6.07, 6.45) is 0.160. The smallest absolute Gasteiger partial charge is 0.307 e. The lowest BCUT2D eigenvalue weighted by atomic mass is 10.0. The van der Waals surface area contributed by atoms with Gasteiger partial charge < -0.3 is 9.64 Å². The number of hydrogen-bond acceptors (Lipinski definition) is 4. The van der Waals surface area contributed by atoms with E-state index in [1.165, 1.54) is 0 Å². The summed E-state index contributed by atoms with van der Waals surface area (Å²) < 4.78 is 5.99. The maximum atomic E-state index is 11.4. The summed E-state index contributed by atoms with van der Waals surface area (Å²) in [5.41, 5.74) is -0.613. The van der Waals surface area contributed by atoms with Crippen LogP contribution in [0.3, 0.4) is 0 Å². The highest BCUT2D eigenvalue weighted by Crippen LogP contribution is 2.23. The average Bonchev–Trinajstić information content (AvgIpc) is 2.01. The monoisotopic (exact) mass is 256 g/mol. The highest BCUT2D eigenvalue weighted by atomic mass is 35.5. The van der Waals surface area contributed by atoms with Crippen molar-refractivity contribution in [3.05, 3.63) is 0 Å². The molecular formula is C9H18Cl2N2O2. The number of likely N-dealkylation sites (N-methyl/N-ethyl adjacent to an activating group) is 1. The molecule has 0 aromatic carbocycles. The van der Waals surface area contributed by atoms with Gasteiger partial charge in [-0.15, -0.1) is 3.94 Å². The molecule has 0 spiro atoms. The van der Waals surface area contributed by atoms with Gasteiger partial charge in [-0.05, 0) is 51.5 Å². The summed E-state index contributed by atoms with van der Waals surface area (Å²) in [5.74, 6) is -0.298. The van der Waals surface area contributed by atoms with Gasteiger partial charge in [0.2, 0.25) is 0 Å². The first-order valence-electron chi connectivity index (χ1n) is 4.68. The lowest BCUT2D eigenvalue weighted by molar-refractivity contribution is -0.145. The lowest BCUT2D eigenvalue weighted by Gasteiger charge is -2.26. The summed E-state index contributed by atoms with van der Waals surface area (Å²) in [4.78, 5) is 13.3. The van der Waals surface area contributed by atoms with E-state index in [1.807, 2.05) is 19.0 Å². The molecule has 90 valence electrons. The van der Waals surface area contributed by atoms with Crippen LogP contribution in [0.15, 0.2) is 0 Å². The van der Waals surface area contributed by atoms with Gasteiger partial charge in [0.15, 0.2) is 0 Å². The van der Waals surface area contributed by atoms with Gasteiger partial charge in [0.25, 0.3) is 0 Å². The zero-order valence-electron chi connectivity index (χ0n) is 9.59. The summed E-state index contributed by atoms with van der Waals surface area (Å²) in [7, 11) is 3.83. The molecule has 0 saturated carbocycles. The van der Waals surface area contributed by atoms with Crippen LogP contribution in [0.5, 0.6) is 0 Å². The van der Waals surface area contributed by atoms with Crippen molar-refractivity contribution in [2.24, 2.45) is 0 Å². The van der Waals surface area contributed by atoms with E-state index in [1.54, 1.807) is 13.8 Å². The molecule has 4 nitrogen and oxygen atoms in total. The second-order valence-electron chi connectivity index (χ2n) is 4.25. The molecule has 0 aromatic heterocycles. The van der Waals surface area contributed by atoms with E-state index in [2.05, 4.69) is 0 Å². The maximum absolute atomic E-state index is 11.4. The number of hydrogen-bond donors (Lipinski definition) is 0.